The summed E-state index contributed by atoms with van der Waals surface area (Å²) in [6.45, 7) is 1.57. The number of carbonyl (C=O) groups is 1. The molecule has 0 aliphatic heterocycles. The quantitative estimate of drug-likeness (QED) is 0.425. The van der Waals surface area contributed by atoms with E-state index < -0.39 is 21.6 Å². The van der Waals surface area contributed by atoms with E-state index in [9.17, 15) is 22.4 Å². The van der Waals surface area contributed by atoms with Crippen LogP contribution in [-0.4, -0.2) is 30.1 Å². The summed E-state index contributed by atoms with van der Waals surface area (Å²) in [4.78, 5) is 24.7. The van der Waals surface area contributed by atoms with Gasteiger partial charge in [-0.05, 0) is 55.5 Å². The monoisotopic (exact) mass is 483 g/mol. The molecule has 0 fully saturated rings. The van der Waals surface area contributed by atoms with Crippen molar-refractivity contribution in [3.8, 4) is 5.75 Å². The predicted octanol–water partition coefficient (Wildman–Crippen LogP) is 3.17. The van der Waals surface area contributed by atoms with Gasteiger partial charge in [0.2, 0.25) is 9.84 Å². The standard InChI is InChI=1S/C24H22FN3O5S/c1-15-4-8-17(9-5-15)33-14-23(29)26-19-12-20-21(28(3)24(30)27(20)2)13-22(19)34(31,32)18-10-6-16(25)7-11-18/h4-13H,14H2,1-3H3,(H,26,29). The number of halogens is 1. The van der Waals surface area contributed by atoms with E-state index in [1.807, 2.05) is 19.1 Å². The van der Waals surface area contributed by atoms with Gasteiger partial charge < -0.3 is 10.1 Å². The van der Waals surface area contributed by atoms with E-state index >= 15 is 0 Å². The van der Waals surface area contributed by atoms with Crippen molar-refractivity contribution < 1.29 is 22.3 Å². The van der Waals surface area contributed by atoms with Gasteiger partial charge in [0.05, 0.1) is 26.5 Å². The van der Waals surface area contributed by atoms with Gasteiger partial charge in [-0.25, -0.2) is 17.6 Å². The van der Waals surface area contributed by atoms with E-state index in [1.54, 1.807) is 19.2 Å². The summed E-state index contributed by atoms with van der Waals surface area (Å²) >= 11 is 0. The summed E-state index contributed by atoms with van der Waals surface area (Å²) < 4.78 is 48.3. The fraction of sp³-hybridized carbons (Fsp3) is 0.167. The highest BCUT2D eigenvalue weighted by Gasteiger charge is 2.25. The third-order valence-electron chi connectivity index (χ3n) is 5.45. The van der Waals surface area contributed by atoms with Crippen molar-refractivity contribution in [3.63, 3.8) is 0 Å². The summed E-state index contributed by atoms with van der Waals surface area (Å²) in [5.74, 6) is -0.682. The SMILES string of the molecule is Cc1ccc(OCC(=O)Nc2cc3c(cc2S(=O)(=O)c2ccc(F)cc2)n(C)c(=O)n3C)cc1. The summed E-state index contributed by atoms with van der Waals surface area (Å²) in [5, 5.41) is 2.59. The second-order valence-electron chi connectivity index (χ2n) is 7.84. The number of hydrogen-bond donors (Lipinski definition) is 1. The highest BCUT2D eigenvalue weighted by Crippen LogP contribution is 2.32. The van der Waals surface area contributed by atoms with E-state index in [2.05, 4.69) is 5.32 Å². The van der Waals surface area contributed by atoms with Crippen molar-refractivity contribution in [1.29, 1.82) is 0 Å². The molecule has 0 aliphatic rings. The molecule has 4 aromatic rings. The number of ether oxygens (including phenoxy) is 1. The number of rotatable bonds is 6. The lowest BCUT2D eigenvalue weighted by Gasteiger charge is -2.14. The zero-order chi connectivity index (χ0) is 24.6. The fourth-order valence-electron chi connectivity index (χ4n) is 3.56. The Labute approximate surface area is 195 Å². The van der Waals surface area contributed by atoms with Crippen LogP contribution in [0.4, 0.5) is 10.1 Å². The van der Waals surface area contributed by atoms with Crippen LogP contribution < -0.4 is 15.7 Å². The van der Waals surface area contributed by atoms with Gasteiger partial charge in [-0.15, -0.1) is 0 Å². The highest BCUT2D eigenvalue weighted by atomic mass is 32.2. The molecule has 34 heavy (non-hydrogen) atoms. The Hall–Kier alpha value is -3.92. The molecule has 0 atom stereocenters. The van der Waals surface area contributed by atoms with Crippen LogP contribution in [0.15, 0.2) is 75.2 Å². The lowest BCUT2D eigenvalue weighted by molar-refractivity contribution is -0.118. The zero-order valence-corrected chi connectivity index (χ0v) is 19.5. The summed E-state index contributed by atoms with van der Waals surface area (Å²) in [7, 11) is -1.10. The summed E-state index contributed by atoms with van der Waals surface area (Å²) in [6.07, 6.45) is 0. The third-order valence-corrected chi connectivity index (χ3v) is 7.26. The molecule has 0 bridgehead atoms. The van der Waals surface area contributed by atoms with Gasteiger partial charge in [-0.2, -0.15) is 0 Å². The first-order valence-corrected chi connectivity index (χ1v) is 11.8. The second kappa shape index (κ2) is 8.79. The van der Waals surface area contributed by atoms with Gasteiger partial charge in [-0.1, -0.05) is 17.7 Å². The molecule has 8 nitrogen and oxygen atoms in total. The van der Waals surface area contributed by atoms with Gasteiger partial charge in [0.25, 0.3) is 5.91 Å². The normalized spacial score (nSPS) is 11.5. The first-order chi connectivity index (χ1) is 16.1. The predicted molar refractivity (Wildman–Crippen MR) is 125 cm³/mol. The molecule has 0 aliphatic carbocycles. The molecule has 3 aromatic carbocycles. The molecular weight excluding hydrogens is 461 g/mol. The van der Waals surface area contributed by atoms with Crippen molar-refractivity contribution in [3.05, 3.63) is 82.5 Å². The van der Waals surface area contributed by atoms with Crippen LogP contribution in [0, 0.1) is 12.7 Å². The van der Waals surface area contributed by atoms with Crippen molar-refractivity contribution >= 4 is 32.5 Å². The van der Waals surface area contributed by atoms with Crippen LogP contribution in [0.2, 0.25) is 0 Å². The molecule has 1 amide bonds. The number of amides is 1. The topological polar surface area (TPSA) is 99.4 Å². The van der Waals surface area contributed by atoms with Crippen LogP contribution in [0.25, 0.3) is 11.0 Å². The van der Waals surface area contributed by atoms with E-state index in [-0.39, 0.29) is 27.8 Å². The van der Waals surface area contributed by atoms with Crippen molar-refractivity contribution in [1.82, 2.24) is 9.13 Å². The van der Waals surface area contributed by atoms with Crippen LogP contribution in [0.5, 0.6) is 5.75 Å². The minimum atomic E-state index is -4.16. The molecule has 1 aromatic heterocycles. The van der Waals surface area contributed by atoms with Gasteiger partial charge in [-0.3, -0.25) is 13.9 Å². The summed E-state index contributed by atoms with van der Waals surface area (Å²) in [6, 6.07) is 14.2. The van der Waals surface area contributed by atoms with Crippen molar-refractivity contribution in [2.45, 2.75) is 16.7 Å². The highest BCUT2D eigenvalue weighted by molar-refractivity contribution is 7.91. The first kappa shape index (κ1) is 23.2. The third kappa shape index (κ3) is 4.32. The van der Waals surface area contributed by atoms with Crippen LogP contribution >= 0.6 is 0 Å². The number of imidazole rings is 1. The molecule has 1 heterocycles. The number of sulfone groups is 1. The average Bonchev–Trinajstić information content (AvgIpc) is 3.02. The van der Waals surface area contributed by atoms with Gasteiger partial charge in [0.1, 0.15) is 11.6 Å². The van der Waals surface area contributed by atoms with Crippen molar-refractivity contribution in [2.75, 3.05) is 11.9 Å². The van der Waals surface area contributed by atoms with Gasteiger partial charge in [0.15, 0.2) is 6.61 Å². The fourth-order valence-corrected chi connectivity index (χ4v) is 4.97. The number of hydrogen-bond acceptors (Lipinski definition) is 5. The number of nitrogens with zero attached hydrogens (tertiary/aromatic N) is 2. The van der Waals surface area contributed by atoms with E-state index in [0.717, 1.165) is 29.8 Å². The lowest BCUT2D eigenvalue weighted by Crippen LogP contribution is -2.21. The Morgan fingerprint density at radius 1 is 0.971 bits per heavy atom. The lowest BCUT2D eigenvalue weighted by atomic mass is 10.2. The largest absolute Gasteiger partial charge is 0.484 e. The Morgan fingerprint density at radius 2 is 1.56 bits per heavy atom. The molecule has 1 N–H and O–H groups in total. The minimum absolute atomic E-state index is 0.0180. The number of benzene rings is 3. The Kier molecular flexibility index (Phi) is 6.01. The van der Waals surface area contributed by atoms with E-state index in [4.69, 9.17) is 4.74 Å². The minimum Gasteiger partial charge on any atom is -0.484 e. The number of fused-ring (bicyclic) bond motifs is 1. The van der Waals surface area contributed by atoms with Crippen LogP contribution in [0.3, 0.4) is 0 Å². The molecule has 0 saturated carbocycles. The van der Waals surface area contributed by atoms with Gasteiger partial charge >= 0.3 is 5.69 Å². The Balaban J connectivity index is 1.75. The number of carbonyl (C=O) groups excluding carboxylic acids is 1. The molecule has 0 radical (unpaired) electrons. The molecule has 0 spiro atoms. The number of nitrogens with one attached hydrogen (secondary N) is 1. The maximum atomic E-state index is 13.4. The molecule has 0 saturated heterocycles. The molecular formula is C24H22FN3O5S. The molecule has 0 unspecified atom stereocenters. The zero-order valence-electron chi connectivity index (χ0n) is 18.7. The number of anilines is 1. The number of aromatic nitrogens is 2. The Morgan fingerprint density at radius 3 is 2.18 bits per heavy atom. The molecule has 4 rings (SSSR count). The van der Waals surface area contributed by atoms with Crippen LogP contribution in [-0.2, 0) is 28.7 Å². The Bertz CT molecular complexity index is 1550. The summed E-state index contributed by atoms with van der Waals surface area (Å²) in [5.41, 5.74) is 1.46. The van der Waals surface area contributed by atoms with E-state index in [1.165, 1.54) is 28.3 Å². The van der Waals surface area contributed by atoms with Crippen molar-refractivity contribution in [2.24, 2.45) is 14.1 Å². The average molecular weight is 484 g/mol. The van der Waals surface area contributed by atoms with Crippen LogP contribution in [0.1, 0.15) is 5.56 Å². The first-order valence-electron chi connectivity index (χ1n) is 10.3. The maximum Gasteiger partial charge on any atom is 0.328 e. The maximum absolute atomic E-state index is 13.4. The van der Waals surface area contributed by atoms with Gasteiger partial charge in [0, 0.05) is 14.1 Å². The van der Waals surface area contributed by atoms with E-state index in [0.29, 0.717) is 16.8 Å². The second-order valence-corrected chi connectivity index (χ2v) is 9.76. The molecule has 176 valence electrons. The number of aryl methyl sites for hydroxylation is 3. The smallest absolute Gasteiger partial charge is 0.328 e. The molecule has 10 heteroatoms.